The van der Waals surface area contributed by atoms with E-state index in [0.717, 1.165) is 25.4 Å². The van der Waals surface area contributed by atoms with Crippen molar-refractivity contribution in [2.75, 3.05) is 19.7 Å². The Hall–Kier alpha value is -1.62. The molecule has 1 fully saturated rings. The molecule has 0 aromatic carbocycles. The molecule has 98 valence electrons. The fraction of sp³-hybridized carbons (Fsp3) is 0.538. The summed E-state index contributed by atoms with van der Waals surface area (Å²) < 4.78 is 5.52. The smallest absolute Gasteiger partial charge is 0.337 e. The highest BCUT2D eigenvalue weighted by Crippen LogP contribution is 2.16. The maximum absolute atomic E-state index is 10.6. The minimum absolute atomic E-state index is 0.181. The summed E-state index contributed by atoms with van der Waals surface area (Å²) in [7, 11) is 0. The van der Waals surface area contributed by atoms with Crippen LogP contribution >= 0.6 is 0 Å². The van der Waals surface area contributed by atoms with E-state index in [1.807, 2.05) is 0 Å². The first kappa shape index (κ1) is 12.8. The standard InChI is InChI=1S/C13H18N2O3/c16-13(17)11-1-2-12(15-9-11)18-8-5-10-3-6-14-7-4-10/h1-2,9-10,14H,3-8H2,(H,16,17). The number of carboxylic acid groups (broad SMARTS) is 1. The van der Waals surface area contributed by atoms with Gasteiger partial charge in [0.2, 0.25) is 5.88 Å². The molecule has 1 aromatic heterocycles. The Morgan fingerprint density at radius 3 is 2.83 bits per heavy atom. The monoisotopic (exact) mass is 250 g/mol. The molecule has 0 saturated carbocycles. The largest absolute Gasteiger partial charge is 0.478 e. The summed E-state index contributed by atoms with van der Waals surface area (Å²) in [6.07, 6.45) is 4.76. The predicted molar refractivity (Wildman–Crippen MR) is 66.9 cm³/mol. The van der Waals surface area contributed by atoms with Gasteiger partial charge in [0.05, 0.1) is 12.2 Å². The van der Waals surface area contributed by atoms with Gasteiger partial charge in [0.25, 0.3) is 0 Å². The summed E-state index contributed by atoms with van der Waals surface area (Å²) in [4.78, 5) is 14.6. The van der Waals surface area contributed by atoms with Gasteiger partial charge in [-0.05, 0) is 44.3 Å². The Kier molecular flexibility index (Phi) is 4.52. The van der Waals surface area contributed by atoms with Gasteiger partial charge in [-0.1, -0.05) is 0 Å². The first-order valence-corrected chi connectivity index (χ1v) is 6.28. The van der Waals surface area contributed by atoms with Crippen LogP contribution in [0.5, 0.6) is 5.88 Å². The number of hydrogen-bond donors (Lipinski definition) is 2. The van der Waals surface area contributed by atoms with Gasteiger partial charge in [-0.3, -0.25) is 0 Å². The Bertz CT molecular complexity index is 386. The molecule has 5 heteroatoms. The van der Waals surface area contributed by atoms with Crippen LogP contribution in [0.15, 0.2) is 18.3 Å². The molecule has 1 aliphatic rings. The number of carboxylic acids is 1. The van der Waals surface area contributed by atoms with Crippen molar-refractivity contribution in [1.82, 2.24) is 10.3 Å². The highest BCUT2D eigenvalue weighted by Gasteiger charge is 2.12. The summed E-state index contributed by atoms with van der Waals surface area (Å²) in [6.45, 7) is 2.83. The molecule has 1 aliphatic heterocycles. The Balaban J connectivity index is 1.74. The van der Waals surface area contributed by atoms with Crippen LogP contribution in [0.1, 0.15) is 29.6 Å². The molecule has 0 unspecified atom stereocenters. The summed E-state index contributed by atoms with van der Waals surface area (Å²) in [5.74, 6) is 0.252. The SMILES string of the molecule is O=C(O)c1ccc(OCCC2CCNCC2)nc1. The van der Waals surface area contributed by atoms with E-state index in [0.29, 0.717) is 12.5 Å². The van der Waals surface area contributed by atoms with Gasteiger partial charge in [-0.15, -0.1) is 0 Å². The number of rotatable bonds is 5. The third-order valence-electron chi connectivity index (χ3n) is 3.22. The van der Waals surface area contributed by atoms with E-state index in [2.05, 4.69) is 10.3 Å². The lowest BCUT2D eigenvalue weighted by molar-refractivity contribution is 0.0696. The van der Waals surface area contributed by atoms with Crippen molar-refractivity contribution < 1.29 is 14.6 Å². The van der Waals surface area contributed by atoms with E-state index in [-0.39, 0.29) is 5.56 Å². The van der Waals surface area contributed by atoms with Crippen LogP contribution in [0.25, 0.3) is 0 Å². The Morgan fingerprint density at radius 1 is 1.44 bits per heavy atom. The summed E-state index contributed by atoms with van der Waals surface area (Å²) in [6, 6.07) is 3.11. The van der Waals surface area contributed by atoms with Crippen molar-refractivity contribution in [2.45, 2.75) is 19.3 Å². The van der Waals surface area contributed by atoms with Crippen LogP contribution in [0.4, 0.5) is 0 Å². The molecule has 0 bridgehead atoms. The number of nitrogens with one attached hydrogen (secondary N) is 1. The molecule has 2 rings (SSSR count). The lowest BCUT2D eigenvalue weighted by Crippen LogP contribution is -2.28. The molecule has 2 heterocycles. The second-order valence-corrected chi connectivity index (χ2v) is 4.52. The predicted octanol–water partition coefficient (Wildman–Crippen LogP) is 1.55. The molecule has 0 radical (unpaired) electrons. The van der Waals surface area contributed by atoms with Gasteiger partial charge in [0.15, 0.2) is 0 Å². The van der Waals surface area contributed by atoms with Crippen LogP contribution in [-0.4, -0.2) is 35.8 Å². The third kappa shape index (κ3) is 3.70. The van der Waals surface area contributed by atoms with Gasteiger partial charge in [-0.2, -0.15) is 0 Å². The molecule has 18 heavy (non-hydrogen) atoms. The zero-order valence-corrected chi connectivity index (χ0v) is 10.3. The number of nitrogens with zero attached hydrogens (tertiary/aromatic N) is 1. The average molecular weight is 250 g/mol. The van der Waals surface area contributed by atoms with Crippen LogP contribution in [0.3, 0.4) is 0 Å². The van der Waals surface area contributed by atoms with Gasteiger partial charge in [0.1, 0.15) is 0 Å². The van der Waals surface area contributed by atoms with Gasteiger partial charge < -0.3 is 15.2 Å². The molecule has 0 spiro atoms. The van der Waals surface area contributed by atoms with E-state index in [4.69, 9.17) is 9.84 Å². The minimum atomic E-state index is -0.969. The van der Waals surface area contributed by atoms with Gasteiger partial charge in [-0.25, -0.2) is 9.78 Å². The van der Waals surface area contributed by atoms with E-state index in [1.54, 1.807) is 6.07 Å². The van der Waals surface area contributed by atoms with Crippen molar-refractivity contribution in [3.8, 4) is 5.88 Å². The van der Waals surface area contributed by atoms with Crippen molar-refractivity contribution in [3.63, 3.8) is 0 Å². The second-order valence-electron chi connectivity index (χ2n) is 4.52. The van der Waals surface area contributed by atoms with E-state index in [9.17, 15) is 4.79 Å². The number of carbonyl (C=O) groups is 1. The van der Waals surface area contributed by atoms with E-state index < -0.39 is 5.97 Å². The molecule has 1 aromatic rings. The normalized spacial score (nSPS) is 16.4. The number of ether oxygens (including phenoxy) is 1. The molecule has 0 atom stereocenters. The summed E-state index contributed by atoms with van der Waals surface area (Å²) >= 11 is 0. The number of aromatic carboxylic acids is 1. The van der Waals surface area contributed by atoms with Crippen LogP contribution in [-0.2, 0) is 0 Å². The van der Waals surface area contributed by atoms with E-state index in [1.165, 1.54) is 25.1 Å². The van der Waals surface area contributed by atoms with Gasteiger partial charge in [0, 0.05) is 12.3 Å². The third-order valence-corrected chi connectivity index (χ3v) is 3.22. The fourth-order valence-electron chi connectivity index (χ4n) is 2.09. The maximum atomic E-state index is 10.6. The molecular formula is C13H18N2O3. The Morgan fingerprint density at radius 2 is 2.22 bits per heavy atom. The number of pyridine rings is 1. The van der Waals surface area contributed by atoms with Crippen LogP contribution in [0.2, 0.25) is 0 Å². The summed E-state index contributed by atoms with van der Waals surface area (Å²) in [5, 5.41) is 12.1. The van der Waals surface area contributed by atoms with Crippen molar-refractivity contribution >= 4 is 5.97 Å². The minimum Gasteiger partial charge on any atom is -0.478 e. The Labute approximate surface area is 106 Å². The first-order valence-electron chi connectivity index (χ1n) is 6.28. The molecule has 5 nitrogen and oxygen atoms in total. The molecule has 0 amide bonds. The van der Waals surface area contributed by atoms with Crippen molar-refractivity contribution in [1.29, 1.82) is 0 Å². The summed E-state index contributed by atoms with van der Waals surface area (Å²) in [5.41, 5.74) is 0.181. The number of piperidine rings is 1. The number of aromatic nitrogens is 1. The number of hydrogen-bond acceptors (Lipinski definition) is 4. The zero-order valence-electron chi connectivity index (χ0n) is 10.3. The van der Waals surface area contributed by atoms with Gasteiger partial charge >= 0.3 is 5.97 Å². The van der Waals surface area contributed by atoms with E-state index >= 15 is 0 Å². The average Bonchev–Trinajstić information content (AvgIpc) is 2.40. The quantitative estimate of drug-likeness (QED) is 0.829. The van der Waals surface area contributed by atoms with Crippen molar-refractivity contribution in [3.05, 3.63) is 23.9 Å². The second kappa shape index (κ2) is 6.35. The molecule has 2 N–H and O–H groups in total. The molecular weight excluding hydrogens is 232 g/mol. The lowest BCUT2D eigenvalue weighted by atomic mass is 9.95. The topological polar surface area (TPSA) is 71.5 Å². The molecule has 0 aliphatic carbocycles. The fourth-order valence-corrected chi connectivity index (χ4v) is 2.09. The van der Waals surface area contributed by atoms with Crippen LogP contribution in [0, 0.1) is 5.92 Å². The van der Waals surface area contributed by atoms with Crippen molar-refractivity contribution in [2.24, 2.45) is 5.92 Å². The van der Waals surface area contributed by atoms with Crippen LogP contribution < -0.4 is 10.1 Å². The molecule has 1 saturated heterocycles. The lowest BCUT2D eigenvalue weighted by Gasteiger charge is -2.22. The maximum Gasteiger partial charge on any atom is 0.337 e. The first-order chi connectivity index (χ1) is 8.75. The zero-order chi connectivity index (χ0) is 12.8. The highest BCUT2D eigenvalue weighted by atomic mass is 16.5. The highest BCUT2D eigenvalue weighted by molar-refractivity contribution is 5.87.